The third-order valence-corrected chi connectivity index (χ3v) is 5.23. The molecule has 0 bridgehead atoms. The minimum Gasteiger partial charge on any atom is -0.478 e. The van der Waals surface area contributed by atoms with Gasteiger partial charge in [0.15, 0.2) is 0 Å². The maximum absolute atomic E-state index is 11.2. The summed E-state index contributed by atoms with van der Waals surface area (Å²) in [7, 11) is 0. The third-order valence-electron chi connectivity index (χ3n) is 5.23. The fourth-order valence-corrected chi connectivity index (χ4v) is 3.86. The van der Waals surface area contributed by atoms with Gasteiger partial charge in [0.05, 0.1) is 18.2 Å². The van der Waals surface area contributed by atoms with Gasteiger partial charge in [-0.2, -0.15) is 0 Å². The molecular formula is C22H22N2O3. The third kappa shape index (κ3) is 3.39. The molecule has 1 heterocycles. The average Bonchev–Trinajstić information content (AvgIpc) is 3.29. The summed E-state index contributed by atoms with van der Waals surface area (Å²) in [5.74, 6) is -0.916. The van der Waals surface area contributed by atoms with E-state index in [2.05, 4.69) is 34.3 Å². The van der Waals surface area contributed by atoms with Crippen LogP contribution in [0.25, 0.3) is 17.0 Å². The molecule has 1 atom stereocenters. The Morgan fingerprint density at radius 3 is 2.81 bits per heavy atom. The van der Waals surface area contributed by atoms with Crippen molar-refractivity contribution in [2.45, 2.75) is 12.5 Å². The van der Waals surface area contributed by atoms with E-state index in [0.717, 1.165) is 29.6 Å². The highest BCUT2D eigenvalue weighted by atomic mass is 16.4. The van der Waals surface area contributed by atoms with Gasteiger partial charge in [0, 0.05) is 30.2 Å². The van der Waals surface area contributed by atoms with E-state index in [1.807, 2.05) is 24.3 Å². The number of aromatic nitrogens is 1. The van der Waals surface area contributed by atoms with Crippen LogP contribution in [0.3, 0.4) is 0 Å². The summed E-state index contributed by atoms with van der Waals surface area (Å²) < 4.78 is 0. The maximum atomic E-state index is 11.2. The van der Waals surface area contributed by atoms with Crippen LogP contribution in [-0.4, -0.2) is 45.8 Å². The molecule has 0 spiro atoms. The number of nitrogens with one attached hydrogen (secondary N) is 1. The maximum Gasteiger partial charge on any atom is 0.335 e. The molecule has 4 rings (SSSR count). The SMILES string of the molecule is O=C(O)c1ccc2c(c1)C=CC2N(CCO)CCc1c[nH]c2ccccc12. The fraction of sp³-hybridized carbons (Fsp3) is 0.227. The van der Waals surface area contributed by atoms with Crippen LogP contribution in [0.5, 0.6) is 0 Å². The smallest absolute Gasteiger partial charge is 0.335 e. The summed E-state index contributed by atoms with van der Waals surface area (Å²) in [6.07, 6.45) is 6.99. The molecule has 5 heteroatoms. The lowest BCUT2D eigenvalue weighted by Gasteiger charge is -2.28. The largest absolute Gasteiger partial charge is 0.478 e. The van der Waals surface area contributed by atoms with Gasteiger partial charge >= 0.3 is 5.97 Å². The van der Waals surface area contributed by atoms with Crippen LogP contribution in [0.4, 0.5) is 0 Å². The second kappa shape index (κ2) is 7.39. The summed E-state index contributed by atoms with van der Waals surface area (Å²) in [5.41, 5.74) is 4.72. The molecule has 0 saturated carbocycles. The molecule has 0 saturated heterocycles. The molecule has 27 heavy (non-hydrogen) atoms. The Labute approximate surface area is 157 Å². The topological polar surface area (TPSA) is 76.6 Å². The molecule has 0 aliphatic heterocycles. The zero-order chi connectivity index (χ0) is 18.8. The number of H-pyrrole nitrogens is 1. The van der Waals surface area contributed by atoms with Gasteiger partial charge in [-0.1, -0.05) is 36.4 Å². The number of carbonyl (C=O) groups is 1. The zero-order valence-electron chi connectivity index (χ0n) is 14.9. The van der Waals surface area contributed by atoms with E-state index in [-0.39, 0.29) is 12.6 Å². The molecule has 5 nitrogen and oxygen atoms in total. The van der Waals surface area contributed by atoms with Gasteiger partial charge in [0.25, 0.3) is 0 Å². The normalized spacial score (nSPS) is 15.6. The van der Waals surface area contributed by atoms with Gasteiger partial charge in [0.1, 0.15) is 0 Å². The number of benzene rings is 2. The summed E-state index contributed by atoms with van der Waals surface area (Å²) in [6.45, 7) is 1.45. The zero-order valence-corrected chi connectivity index (χ0v) is 14.9. The van der Waals surface area contributed by atoms with Crippen LogP contribution in [-0.2, 0) is 6.42 Å². The number of aliphatic hydroxyl groups is 1. The quantitative estimate of drug-likeness (QED) is 0.601. The first-order valence-corrected chi connectivity index (χ1v) is 9.12. The molecule has 1 unspecified atom stereocenters. The lowest BCUT2D eigenvalue weighted by atomic mass is 10.0. The number of hydrogen-bond donors (Lipinski definition) is 3. The number of aromatic amines is 1. The monoisotopic (exact) mass is 362 g/mol. The van der Waals surface area contributed by atoms with Crippen molar-refractivity contribution >= 4 is 22.9 Å². The highest BCUT2D eigenvalue weighted by molar-refractivity contribution is 5.89. The minimum absolute atomic E-state index is 0.0557. The van der Waals surface area contributed by atoms with E-state index in [0.29, 0.717) is 12.1 Å². The number of hydrogen-bond acceptors (Lipinski definition) is 3. The average molecular weight is 362 g/mol. The van der Waals surface area contributed by atoms with Crippen LogP contribution in [0.1, 0.15) is 33.1 Å². The number of carboxylic acids is 1. The molecule has 0 radical (unpaired) electrons. The first-order valence-electron chi connectivity index (χ1n) is 9.12. The Balaban J connectivity index is 1.54. The molecule has 3 N–H and O–H groups in total. The molecule has 138 valence electrons. The van der Waals surface area contributed by atoms with Crippen molar-refractivity contribution in [2.75, 3.05) is 19.7 Å². The number of aliphatic hydroxyl groups excluding tert-OH is 1. The van der Waals surface area contributed by atoms with Crippen molar-refractivity contribution in [3.63, 3.8) is 0 Å². The van der Waals surface area contributed by atoms with Gasteiger partial charge in [-0.25, -0.2) is 4.79 Å². The predicted octanol–water partition coefficient (Wildman–Crippen LogP) is 3.47. The summed E-state index contributed by atoms with van der Waals surface area (Å²) in [5, 5.41) is 20.0. The molecule has 2 aromatic carbocycles. The first kappa shape index (κ1) is 17.5. The van der Waals surface area contributed by atoms with Crippen molar-refractivity contribution in [2.24, 2.45) is 0 Å². The second-order valence-electron chi connectivity index (χ2n) is 6.82. The van der Waals surface area contributed by atoms with E-state index < -0.39 is 5.97 Å². The van der Waals surface area contributed by atoms with Crippen molar-refractivity contribution in [1.29, 1.82) is 0 Å². The van der Waals surface area contributed by atoms with Crippen molar-refractivity contribution in [1.82, 2.24) is 9.88 Å². The van der Waals surface area contributed by atoms with E-state index in [1.165, 1.54) is 10.9 Å². The first-order chi connectivity index (χ1) is 13.2. The Morgan fingerprint density at radius 1 is 1.15 bits per heavy atom. The van der Waals surface area contributed by atoms with Crippen LogP contribution in [0.2, 0.25) is 0 Å². The summed E-state index contributed by atoms with van der Waals surface area (Å²) in [4.78, 5) is 16.7. The Bertz CT molecular complexity index is 1010. The summed E-state index contributed by atoms with van der Waals surface area (Å²) >= 11 is 0. The van der Waals surface area contributed by atoms with Crippen molar-refractivity contribution < 1.29 is 15.0 Å². The molecule has 1 aliphatic rings. The highest BCUT2D eigenvalue weighted by Gasteiger charge is 2.24. The van der Waals surface area contributed by atoms with E-state index in [9.17, 15) is 15.0 Å². The van der Waals surface area contributed by atoms with Crippen LogP contribution in [0.15, 0.2) is 54.7 Å². The number of carboxylic acid groups (broad SMARTS) is 1. The predicted molar refractivity (Wildman–Crippen MR) is 106 cm³/mol. The Kier molecular flexibility index (Phi) is 4.79. The van der Waals surface area contributed by atoms with Crippen LogP contribution < -0.4 is 0 Å². The van der Waals surface area contributed by atoms with Gasteiger partial charge < -0.3 is 15.2 Å². The van der Waals surface area contributed by atoms with Crippen molar-refractivity contribution in [3.8, 4) is 0 Å². The van der Waals surface area contributed by atoms with Gasteiger partial charge in [0.2, 0.25) is 0 Å². The van der Waals surface area contributed by atoms with E-state index in [1.54, 1.807) is 12.1 Å². The number of rotatable bonds is 7. The lowest BCUT2D eigenvalue weighted by Crippen LogP contribution is -2.32. The summed E-state index contributed by atoms with van der Waals surface area (Å²) in [6, 6.07) is 13.6. The van der Waals surface area contributed by atoms with Gasteiger partial charge in [-0.3, -0.25) is 4.90 Å². The Hall–Kier alpha value is -2.89. The number of fused-ring (bicyclic) bond motifs is 2. The van der Waals surface area contributed by atoms with Crippen LogP contribution >= 0.6 is 0 Å². The standard InChI is InChI=1S/C22H22N2O3/c25-12-11-24(10-9-17-14-23-20-4-2-1-3-18(17)20)21-8-6-15-13-16(22(26)27)5-7-19(15)21/h1-8,13-14,21,23,25H,9-12H2,(H,26,27). The molecule has 0 fully saturated rings. The van der Waals surface area contributed by atoms with Crippen LogP contribution in [0, 0.1) is 0 Å². The lowest BCUT2D eigenvalue weighted by molar-refractivity contribution is 0.0697. The van der Waals surface area contributed by atoms with E-state index in [4.69, 9.17) is 0 Å². The fourth-order valence-electron chi connectivity index (χ4n) is 3.86. The highest BCUT2D eigenvalue weighted by Crippen LogP contribution is 2.33. The molecule has 1 aromatic heterocycles. The van der Waals surface area contributed by atoms with Gasteiger partial charge in [-0.05, 0) is 41.3 Å². The molecule has 0 amide bonds. The number of para-hydroxylation sites is 1. The van der Waals surface area contributed by atoms with E-state index >= 15 is 0 Å². The minimum atomic E-state index is -0.916. The van der Waals surface area contributed by atoms with Crippen molar-refractivity contribution in [3.05, 3.63) is 77.0 Å². The number of aromatic carboxylic acids is 1. The molecule has 1 aliphatic carbocycles. The van der Waals surface area contributed by atoms with Gasteiger partial charge in [-0.15, -0.1) is 0 Å². The Morgan fingerprint density at radius 2 is 2.00 bits per heavy atom. The molecular weight excluding hydrogens is 340 g/mol. The number of nitrogens with zero attached hydrogens (tertiary/aromatic N) is 1. The molecule has 3 aromatic rings. The second-order valence-corrected chi connectivity index (χ2v) is 6.82.